The maximum atomic E-state index is 13.3. The van der Waals surface area contributed by atoms with Crippen LogP contribution in [0.4, 0.5) is 13.2 Å². The molecule has 116 valence electrons. The molecule has 0 bridgehead atoms. The SMILES string of the molecule is O=C(O)[C@]1(C(F)F)CCCN1S(=O)(=O)c1ccc(F)cc1. The molecule has 1 aromatic carbocycles. The van der Waals surface area contributed by atoms with Gasteiger partial charge in [-0.15, -0.1) is 0 Å². The molecule has 1 aliphatic heterocycles. The molecule has 2 rings (SSSR count). The zero-order valence-electron chi connectivity index (χ0n) is 10.7. The predicted molar refractivity (Wildman–Crippen MR) is 65.9 cm³/mol. The molecule has 1 saturated heterocycles. The number of rotatable bonds is 4. The lowest BCUT2D eigenvalue weighted by molar-refractivity contribution is -0.155. The van der Waals surface area contributed by atoms with E-state index in [-0.39, 0.29) is 13.0 Å². The van der Waals surface area contributed by atoms with Crippen LogP contribution in [-0.2, 0) is 14.8 Å². The lowest BCUT2D eigenvalue weighted by Crippen LogP contribution is -2.57. The van der Waals surface area contributed by atoms with E-state index in [0.29, 0.717) is 4.31 Å². The minimum absolute atomic E-state index is 0.0110. The van der Waals surface area contributed by atoms with Crippen molar-refractivity contribution in [1.82, 2.24) is 4.31 Å². The van der Waals surface area contributed by atoms with Gasteiger partial charge in [0, 0.05) is 6.54 Å². The van der Waals surface area contributed by atoms with Gasteiger partial charge in [0.1, 0.15) is 5.82 Å². The number of carbonyl (C=O) groups is 1. The first-order valence-electron chi connectivity index (χ1n) is 6.03. The smallest absolute Gasteiger partial charge is 0.331 e. The summed E-state index contributed by atoms with van der Waals surface area (Å²) in [5.74, 6) is -2.57. The molecule has 0 unspecified atom stereocenters. The van der Waals surface area contributed by atoms with Gasteiger partial charge in [-0.05, 0) is 37.1 Å². The van der Waals surface area contributed by atoms with Gasteiger partial charge in [0.2, 0.25) is 10.0 Å². The molecule has 1 heterocycles. The Labute approximate surface area is 119 Å². The molecule has 1 fully saturated rings. The molecule has 0 spiro atoms. The van der Waals surface area contributed by atoms with E-state index in [0.717, 1.165) is 24.3 Å². The topological polar surface area (TPSA) is 74.7 Å². The molecule has 21 heavy (non-hydrogen) atoms. The van der Waals surface area contributed by atoms with Gasteiger partial charge in [-0.3, -0.25) is 0 Å². The Balaban J connectivity index is 2.52. The molecule has 9 heteroatoms. The van der Waals surface area contributed by atoms with Gasteiger partial charge in [0.15, 0.2) is 5.54 Å². The minimum Gasteiger partial charge on any atom is -0.480 e. The lowest BCUT2D eigenvalue weighted by atomic mass is 9.99. The Morgan fingerprint density at radius 2 is 1.86 bits per heavy atom. The first-order chi connectivity index (χ1) is 9.72. The largest absolute Gasteiger partial charge is 0.480 e. The third kappa shape index (κ3) is 2.40. The summed E-state index contributed by atoms with van der Waals surface area (Å²) in [5, 5.41) is 9.11. The summed E-state index contributed by atoms with van der Waals surface area (Å²) in [6, 6.07) is 3.57. The number of sulfonamides is 1. The molecule has 5 nitrogen and oxygen atoms in total. The van der Waals surface area contributed by atoms with Gasteiger partial charge in [-0.2, -0.15) is 4.31 Å². The molecule has 0 aliphatic carbocycles. The number of aliphatic carboxylic acids is 1. The number of nitrogens with zero attached hydrogens (tertiary/aromatic N) is 1. The van der Waals surface area contributed by atoms with E-state index in [4.69, 9.17) is 5.11 Å². The van der Waals surface area contributed by atoms with Crippen LogP contribution in [-0.4, -0.2) is 42.3 Å². The summed E-state index contributed by atoms with van der Waals surface area (Å²) in [6.07, 6.45) is -3.83. The summed E-state index contributed by atoms with van der Waals surface area (Å²) in [4.78, 5) is 10.8. The number of carboxylic acid groups (broad SMARTS) is 1. The molecular weight excluding hydrogens is 311 g/mol. The van der Waals surface area contributed by atoms with Gasteiger partial charge in [0.25, 0.3) is 6.43 Å². The summed E-state index contributed by atoms with van der Waals surface area (Å²) in [5.41, 5.74) is -2.77. The van der Waals surface area contributed by atoms with Crippen molar-refractivity contribution in [3.8, 4) is 0 Å². The molecule has 1 aromatic rings. The van der Waals surface area contributed by atoms with Crippen LogP contribution in [0.2, 0.25) is 0 Å². The van der Waals surface area contributed by atoms with E-state index in [1.54, 1.807) is 0 Å². The van der Waals surface area contributed by atoms with E-state index in [2.05, 4.69) is 0 Å². The summed E-state index contributed by atoms with van der Waals surface area (Å²) in [7, 11) is -4.45. The molecule has 1 N–H and O–H groups in total. The second-order valence-corrected chi connectivity index (χ2v) is 6.53. The van der Waals surface area contributed by atoms with Crippen molar-refractivity contribution in [2.45, 2.75) is 29.7 Å². The number of benzene rings is 1. The van der Waals surface area contributed by atoms with E-state index in [1.165, 1.54) is 0 Å². The second-order valence-electron chi connectivity index (χ2n) is 4.66. The minimum atomic E-state index is -4.45. The summed E-state index contributed by atoms with van der Waals surface area (Å²) >= 11 is 0. The van der Waals surface area contributed by atoms with Crippen LogP contribution in [0.5, 0.6) is 0 Å². The quantitative estimate of drug-likeness (QED) is 0.915. The highest BCUT2D eigenvalue weighted by Crippen LogP contribution is 2.39. The van der Waals surface area contributed by atoms with Crippen LogP contribution in [0.1, 0.15) is 12.8 Å². The first-order valence-corrected chi connectivity index (χ1v) is 7.47. The molecule has 0 radical (unpaired) electrons. The van der Waals surface area contributed by atoms with Crippen LogP contribution < -0.4 is 0 Å². The van der Waals surface area contributed by atoms with Crippen molar-refractivity contribution in [3.05, 3.63) is 30.1 Å². The lowest BCUT2D eigenvalue weighted by Gasteiger charge is -2.32. The Bertz CT molecular complexity index is 647. The first kappa shape index (κ1) is 15.8. The summed E-state index contributed by atoms with van der Waals surface area (Å²) < 4.78 is 64.4. The van der Waals surface area contributed by atoms with Crippen molar-refractivity contribution >= 4 is 16.0 Å². The fourth-order valence-electron chi connectivity index (χ4n) is 2.41. The zero-order valence-corrected chi connectivity index (χ0v) is 11.5. The highest BCUT2D eigenvalue weighted by Gasteiger charge is 2.59. The molecule has 1 aliphatic rings. The van der Waals surface area contributed by atoms with Crippen molar-refractivity contribution in [3.63, 3.8) is 0 Å². The van der Waals surface area contributed by atoms with E-state index >= 15 is 0 Å². The third-order valence-corrected chi connectivity index (χ3v) is 5.45. The molecule has 1 atom stereocenters. The predicted octanol–water partition coefficient (Wildman–Crippen LogP) is 1.70. The van der Waals surface area contributed by atoms with E-state index in [1.807, 2.05) is 0 Å². The van der Waals surface area contributed by atoms with Crippen LogP contribution in [0.25, 0.3) is 0 Å². The second kappa shape index (κ2) is 5.30. The Morgan fingerprint density at radius 1 is 1.29 bits per heavy atom. The van der Waals surface area contributed by atoms with E-state index < -0.39 is 45.1 Å². The Morgan fingerprint density at radius 3 is 2.33 bits per heavy atom. The van der Waals surface area contributed by atoms with Crippen LogP contribution in [0.3, 0.4) is 0 Å². The highest BCUT2D eigenvalue weighted by atomic mass is 32.2. The molecule has 0 saturated carbocycles. The standard InChI is InChI=1S/C12H12F3NO4S/c13-8-2-4-9(5-3-8)21(19,20)16-7-1-6-12(16,10(14)15)11(17)18/h2-5,10H,1,6-7H2,(H,17,18)/t12-/m1/s1. The number of alkyl halides is 2. The number of halogens is 3. The monoisotopic (exact) mass is 323 g/mol. The van der Waals surface area contributed by atoms with E-state index in [9.17, 15) is 26.4 Å². The van der Waals surface area contributed by atoms with Crippen LogP contribution in [0, 0.1) is 5.82 Å². The fraction of sp³-hybridized carbons (Fsp3) is 0.417. The third-order valence-electron chi connectivity index (χ3n) is 3.50. The summed E-state index contributed by atoms with van der Waals surface area (Å²) in [6.45, 7) is -0.323. The molecule has 0 aromatic heterocycles. The van der Waals surface area contributed by atoms with Crippen molar-refractivity contribution in [1.29, 1.82) is 0 Å². The van der Waals surface area contributed by atoms with Crippen molar-refractivity contribution < 1.29 is 31.5 Å². The average Bonchev–Trinajstić information content (AvgIpc) is 2.85. The van der Waals surface area contributed by atoms with Gasteiger partial charge in [0.05, 0.1) is 4.90 Å². The Kier molecular flexibility index (Phi) is 3.98. The fourth-order valence-corrected chi connectivity index (χ4v) is 4.19. The van der Waals surface area contributed by atoms with Crippen molar-refractivity contribution in [2.24, 2.45) is 0 Å². The molecular formula is C12H12F3NO4S. The van der Waals surface area contributed by atoms with Gasteiger partial charge in [-0.1, -0.05) is 0 Å². The maximum Gasteiger partial charge on any atom is 0.331 e. The number of hydrogen-bond donors (Lipinski definition) is 1. The normalized spacial score (nSPS) is 23.6. The molecule has 0 amide bonds. The number of hydrogen-bond acceptors (Lipinski definition) is 3. The Hall–Kier alpha value is -1.61. The maximum absolute atomic E-state index is 13.3. The van der Waals surface area contributed by atoms with Gasteiger partial charge < -0.3 is 5.11 Å². The van der Waals surface area contributed by atoms with Gasteiger partial charge in [-0.25, -0.2) is 26.4 Å². The van der Waals surface area contributed by atoms with Crippen LogP contribution in [0.15, 0.2) is 29.2 Å². The highest BCUT2D eigenvalue weighted by molar-refractivity contribution is 7.89. The van der Waals surface area contributed by atoms with Gasteiger partial charge >= 0.3 is 5.97 Å². The average molecular weight is 323 g/mol. The number of carboxylic acids is 1. The van der Waals surface area contributed by atoms with Crippen molar-refractivity contribution in [2.75, 3.05) is 6.54 Å². The zero-order chi connectivity index (χ0) is 15.8. The van der Waals surface area contributed by atoms with Crippen LogP contribution >= 0.6 is 0 Å².